The van der Waals surface area contributed by atoms with Gasteiger partial charge in [0.15, 0.2) is 0 Å². The lowest BCUT2D eigenvalue weighted by molar-refractivity contribution is -0.138. The Hall–Kier alpha value is -1.55. The molecule has 0 unspecified atom stereocenters. The molecular formula is C16H24N2O2. The molecule has 0 bridgehead atoms. The molecule has 0 saturated heterocycles. The molecule has 0 aromatic heterocycles. The summed E-state index contributed by atoms with van der Waals surface area (Å²) in [5.41, 5.74) is 6.43. The number of carbonyl (C=O) groups excluding carboxylic acids is 1. The fraction of sp³-hybridized carbons (Fsp3) is 0.562. The lowest BCUT2D eigenvalue weighted by Gasteiger charge is -2.33. The average molecular weight is 276 g/mol. The Morgan fingerprint density at radius 2 is 2.05 bits per heavy atom. The van der Waals surface area contributed by atoms with Crippen LogP contribution in [0.4, 0.5) is 0 Å². The van der Waals surface area contributed by atoms with Gasteiger partial charge in [0.2, 0.25) is 5.91 Å². The minimum atomic E-state index is -0.764. The molecule has 0 heterocycles. The van der Waals surface area contributed by atoms with Crippen LogP contribution in [0.25, 0.3) is 0 Å². The monoisotopic (exact) mass is 276 g/mol. The highest BCUT2D eigenvalue weighted by Crippen LogP contribution is 2.31. The van der Waals surface area contributed by atoms with E-state index in [1.54, 1.807) is 18.2 Å². The molecular weight excluding hydrogens is 252 g/mol. The Morgan fingerprint density at radius 1 is 1.40 bits per heavy atom. The van der Waals surface area contributed by atoms with Crippen molar-refractivity contribution in [3.63, 3.8) is 0 Å². The lowest BCUT2D eigenvalue weighted by Crippen LogP contribution is -2.55. The van der Waals surface area contributed by atoms with E-state index >= 15 is 0 Å². The van der Waals surface area contributed by atoms with E-state index in [2.05, 4.69) is 0 Å². The molecule has 1 saturated carbocycles. The number of rotatable bonds is 6. The van der Waals surface area contributed by atoms with Crippen molar-refractivity contribution in [1.29, 1.82) is 0 Å². The van der Waals surface area contributed by atoms with Crippen molar-refractivity contribution < 1.29 is 9.90 Å². The molecule has 1 aliphatic rings. The molecule has 110 valence electrons. The first-order valence-corrected chi connectivity index (χ1v) is 7.38. The van der Waals surface area contributed by atoms with Crippen molar-refractivity contribution in [2.75, 3.05) is 0 Å². The molecule has 20 heavy (non-hydrogen) atoms. The number of nitrogens with zero attached hydrogens (tertiary/aromatic N) is 1. The van der Waals surface area contributed by atoms with Crippen LogP contribution in [-0.4, -0.2) is 27.5 Å². The summed E-state index contributed by atoms with van der Waals surface area (Å²) < 4.78 is 0. The Kier molecular flexibility index (Phi) is 4.33. The Labute approximate surface area is 120 Å². The highest BCUT2D eigenvalue weighted by atomic mass is 16.3. The van der Waals surface area contributed by atoms with E-state index in [9.17, 15) is 9.90 Å². The number of phenols is 1. The minimum Gasteiger partial charge on any atom is -0.508 e. The molecule has 1 aliphatic carbocycles. The molecule has 1 amide bonds. The number of hydrogen-bond donors (Lipinski definition) is 2. The van der Waals surface area contributed by atoms with Crippen LogP contribution in [0, 0.1) is 0 Å². The van der Waals surface area contributed by atoms with Crippen molar-refractivity contribution in [3.8, 4) is 5.75 Å². The van der Waals surface area contributed by atoms with Gasteiger partial charge in [-0.25, -0.2) is 0 Å². The van der Waals surface area contributed by atoms with E-state index in [-0.39, 0.29) is 11.7 Å². The summed E-state index contributed by atoms with van der Waals surface area (Å²) in [4.78, 5) is 14.6. The molecule has 3 N–H and O–H groups in total. The molecule has 0 atom stereocenters. The first kappa shape index (κ1) is 14.9. The third-order valence-electron chi connectivity index (χ3n) is 4.20. The predicted octanol–water partition coefficient (Wildman–Crippen LogP) is 2.40. The van der Waals surface area contributed by atoms with Crippen LogP contribution >= 0.6 is 0 Å². The van der Waals surface area contributed by atoms with E-state index in [1.807, 2.05) is 24.8 Å². The van der Waals surface area contributed by atoms with Crippen LogP contribution in [0.1, 0.15) is 45.1 Å². The number of amides is 1. The molecule has 0 radical (unpaired) electrons. The summed E-state index contributed by atoms with van der Waals surface area (Å²) in [5.74, 6) is 0.268. The summed E-state index contributed by atoms with van der Waals surface area (Å²) in [5, 5.41) is 9.54. The van der Waals surface area contributed by atoms with Gasteiger partial charge in [0.25, 0.3) is 0 Å². The largest absolute Gasteiger partial charge is 0.508 e. The summed E-state index contributed by atoms with van der Waals surface area (Å²) in [7, 11) is 0. The first-order chi connectivity index (χ1) is 9.50. The van der Waals surface area contributed by atoms with E-state index in [1.165, 1.54) is 0 Å². The standard InChI is InChI=1S/C16H24N2O2/c1-3-16(17,4-2)15(20)18(13-8-9-13)11-12-6-5-7-14(19)10-12/h5-7,10,13,19H,3-4,8-9,11,17H2,1-2H3. The Balaban J connectivity index is 2.17. The zero-order valence-electron chi connectivity index (χ0n) is 12.3. The number of phenolic OH excluding ortho intramolecular Hbond substituents is 1. The molecule has 0 aliphatic heterocycles. The SMILES string of the molecule is CCC(N)(CC)C(=O)N(Cc1cccc(O)c1)C1CC1. The van der Waals surface area contributed by atoms with Gasteiger partial charge >= 0.3 is 0 Å². The van der Waals surface area contributed by atoms with Crippen LogP contribution in [0.3, 0.4) is 0 Å². The second-order valence-electron chi connectivity index (χ2n) is 5.70. The second kappa shape index (κ2) is 5.83. The van der Waals surface area contributed by atoms with Crippen molar-refractivity contribution in [1.82, 2.24) is 4.90 Å². The van der Waals surface area contributed by atoms with Crippen LogP contribution in [-0.2, 0) is 11.3 Å². The van der Waals surface area contributed by atoms with E-state index in [0.717, 1.165) is 18.4 Å². The number of aromatic hydroxyl groups is 1. The molecule has 0 spiro atoms. The average Bonchev–Trinajstić information content (AvgIpc) is 3.28. The molecule has 4 nitrogen and oxygen atoms in total. The normalized spacial score (nSPS) is 15.2. The number of hydrogen-bond acceptors (Lipinski definition) is 3. The van der Waals surface area contributed by atoms with Gasteiger partial charge in [-0.05, 0) is 43.4 Å². The summed E-state index contributed by atoms with van der Waals surface area (Å²) >= 11 is 0. The van der Waals surface area contributed by atoms with Gasteiger partial charge in [0.1, 0.15) is 5.75 Å². The van der Waals surface area contributed by atoms with Crippen LogP contribution in [0.2, 0.25) is 0 Å². The predicted molar refractivity (Wildman–Crippen MR) is 79.2 cm³/mol. The molecule has 1 aromatic rings. The number of benzene rings is 1. The molecule has 1 fully saturated rings. The van der Waals surface area contributed by atoms with Crippen molar-refractivity contribution >= 4 is 5.91 Å². The minimum absolute atomic E-state index is 0.0355. The summed E-state index contributed by atoms with van der Waals surface area (Å²) in [6, 6.07) is 7.39. The molecule has 4 heteroatoms. The van der Waals surface area contributed by atoms with Crippen molar-refractivity contribution in [3.05, 3.63) is 29.8 Å². The molecule has 2 rings (SSSR count). The maximum absolute atomic E-state index is 12.7. The number of nitrogens with two attached hydrogens (primary N) is 1. The quantitative estimate of drug-likeness (QED) is 0.838. The summed E-state index contributed by atoms with van der Waals surface area (Å²) in [6.45, 7) is 4.44. The van der Waals surface area contributed by atoms with Gasteiger partial charge in [0, 0.05) is 12.6 Å². The van der Waals surface area contributed by atoms with Gasteiger partial charge in [-0.3, -0.25) is 4.79 Å². The molecule has 1 aromatic carbocycles. The van der Waals surface area contributed by atoms with Gasteiger partial charge < -0.3 is 15.7 Å². The maximum atomic E-state index is 12.7. The van der Waals surface area contributed by atoms with Gasteiger partial charge in [-0.15, -0.1) is 0 Å². The zero-order valence-corrected chi connectivity index (χ0v) is 12.3. The zero-order chi connectivity index (χ0) is 14.8. The van der Waals surface area contributed by atoms with Crippen LogP contribution in [0.15, 0.2) is 24.3 Å². The van der Waals surface area contributed by atoms with Crippen molar-refractivity contribution in [2.24, 2.45) is 5.73 Å². The lowest BCUT2D eigenvalue weighted by atomic mass is 9.92. The van der Waals surface area contributed by atoms with Crippen LogP contribution in [0.5, 0.6) is 5.75 Å². The second-order valence-corrected chi connectivity index (χ2v) is 5.70. The van der Waals surface area contributed by atoms with E-state index in [0.29, 0.717) is 25.4 Å². The Bertz CT molecular complexity index is 479. The first-order valence-electron chi connectivity index (χ1n) is 7.38. The van der Waals surface area contributed by atoms with Gasteiger partial charge in [0.05, 0.1) is 5.54 Å². The number of carbonyl (C=O) groups is 1. The van der Waals surface area contributed by atoms with Crippen LogP contribution < -0.4 is 5.73 Å². The highest BCUT2D eigenvalue weighted by Gasteiger charge is 2.40. The third kappa shape index (κ3) is 3.12. The van der Waals surface area contributed by atoms with Gasteiger partial charge in [-0.1, -0.05) is 26.0 Å². The summed E-state index contributed by atoms with van der Waals surface area (Å²) in [6.07, 6.45) is 3.39. The topological polar surface area (TPSA) is 66.6 Å². The van der Waals surface area contributed by atoms with E-state index < -0.39 is 5.54 Å². The van der Waals surface area contributed by atoms with E-state index in [4.69, 9.17) is 5.73 Å². The Morgan fingerprint density at radius 3 is 2.55 bits per heavy atom. The smallest absolute Gasteiger partial charge is 0.243 e. The fourth-order valence-corrected chi connectivity index (χ4v) is 2.44. The van der Waals surface area contributed by atoms with Gasteiger partial charge in [-0.2, -0.15) is 0 Å². The highest BCUT2D eigenvalue weighted by molar-refractivity contribution is 5.86. The third-order valence-corrected chi connectivity index (χ3v) is 4.20. The van der Waals surface area contributed by atoms with Crippen molar-refractivity contribution in [2.45, 2.75) is 57.7 Å². The fourth-order valence-electron chi connectivity index (χ4n) is 2.44. The maximum Gasteiger partial charge on any atom is 0.243 e.